The molecule has 1 N–H and O–H groups in total. The topological polar surface area (TPSA) is 83.6 Å². The molecule has 1 aliphatic rings. The molecule has 0 aromatic heterocycles. The Hall–Kier alpha value is -1.11. The monoisotopic (exact) mass is 248 g/mol. The van der Waals surface area contributed by atoms with E-state index in [2.05, 4.69) is 5.32 Å². The fraction of sp³-hybridized carbons (Fsp3) is 0.778. The summed E-state index contributed by atoms with van der Waals surface area (Å²) in [4.78, 5) is 23.0. The first kappa shape index (κ1) is 13.0. The summed E-state index contributed by atoms with van der Waals surface area (Å²) in [5, 5.41) is 2.60. The minimum absolute atomic E-state index is 0.108. The Morgan fingerprint density at radius 2 is 2.19 bits per heavy atom. The van der Waals surface area contributed by atoms with Gasteiger partial charge in [0, 0.05) is 13.0 Å². The van der Waals surface area contributed by atoms with Crippen molar-refractivity contribution in [3.63, 3.8) is 0 Å². The van der Waals surface area contributed by atoms with Gasteiger partial charge in [-0.3, -0.25) is 9.59 Å². The number of hydrogen-bond acceptors (Lipinski definition) is 4. The number of rotatable bonds is 4. The molecule has 0 spiro atoms. The summed E-state index contributed by atoms with van der Waals surface area (Å²) in [7, 11) is -3.65. The lowest BCUT2D eigenvalue weighted by atomic mass is 10.2. The van der Waals surface area contributed by atoms with Gasteiger partial charge in [-0.2, -0.15) is 0 Å². The lowest BCUT2D eigenvalue weighted by Gasteiger charge is -2.21. The van der Waals surface area contributed by atoms with Gasteiger partial charge in [0.1, 0.15) is 6.04 Å². The SMILES string of the molecule is CCCNC(=O)C1CCC(=O)N1S(C)(=O)=O. The zero-order valence-electron chi connectivity index (χ0n) is 9.39. The Balaban J connectivity index is 2.81. The first-order valence-corrected chi connectivity index (χ1v) is 7.02. The van der Waals surface area contributed by atoms with Gasteiger partial charge in [0.2, 0.25) is 21.8 Å². The van der Waals surface area contributed by atoms with Crippen LogP contribution in [-0.4, -0.2) is 43.4 Å². The van der Waals surface area contributed by atoms with Crippen molar-refractivity contribution in [2.75, 3.05) is 12.8 Å². The van der Waals surface area contributed by atoms with Gasteiger partial charge in [0.25, 0.3) is 0 Å². The van der Waals surface area contributed by atoms with E-state index in [1.54, 1.807) is 0 Å². The van der Waals surface area contributed by atoms with Crippen LogP contribution in [0.1, 0.15) is 26.2 Å². The van der Waals surface area contributed by atoms with E-state index in [1.165, 1.54) is 0 Å². The highest BCUT2D eigenvalue weighted by Gasteiger charge is 2.41. The molecule has 1 aliphatic heterocycles. The van der Waals surface area contributed by atoms with Crippen molar-refractivity contribution in [1.82, 2.24) is 9.62 Å². The second-order valence-corrected chi connectivity index (χ2v) is 5.66. The molecule has 0 radical (unpaired) electrons. The highest BCUT2D eigenvalue weighted by molar-refractivity contribution is 7.89. The second-order valence-electron chi connectivity index (χ2n) is 3.80. The van der Waals surface area contributed by atoms with Crippen LogP contribution in [-0.2, 0) is 19.6 Å². The largest absolute Gasteiger partial charge is 0.354 e. The van der Waals surface area contributed by atoms with E-state index in [-0.39, 0.29) is 12.8 Å². The van der Waals surface area contributed by atoms with Crippen LogP contribution in [0.25, 0.3) is 0 Å². The highest BCUT2D eigenvalue weighted by atomic mass is 32.2. The third-order valence-electron chi connectivity index (χ3n) is 2.37. The third-order valence-corrected chi connectivity index (χ3v) is 3.54. The van der Waals surface area contributed by atoms with Crippen LogP contribution in [0.4, 0.5) is 0 Å². The summed E-state index contributed by atoms with van der Waals surface area (Å²) in [6.45, 7) is 2.38. The Morgan fingerprint density at radius 1 is 1.56 bits per heavy atom. The number of nitrogens with one attached hydrogen (secondary N) is 1. The normalized spacial score (nSPS) is 21.2. The van der Waals surface area contributed by atoms with Crippen molar-refractivity contribution in [3.8, 4) is 0 Å². The first-order valence-electron chi connectivity index (χ1n) is 5.18. The predicted molar refractivity (Wildman–Crippen MR) is 58.0 cm³/mol. The molecule has 0 bridgehead atoms. The van der Waals surface area contributed by atoms with E-state index in [0.29, 0.717) is 10.8 Å². The van der Waals surface area contributed by atoms with Crippen molar-refractivity contribution in [2.45, 2.75) is 32.2 Å². The molecular formula is C9H16N2O4S. The number of carbonyl (C=O) groups excluding carboxylic acids is 2. The first-order chi connectivity index (χ1) is 7.38. The molecule has 2 amide bonds. The maximum absolute atomic E-state index is 11.6. The molecule has 1 saturated heterocycles. The standard InChI is InChI=1S/C9H16N2O4S/c1-3-6-10-9(13)7-4-5-8(12)11(7)16(2,14)15/h7H,3-6H2,1-2H3,(H,10,13). The number of hydrogen-bond donors (Lipinski definition) is 1. The molecule has 1 rings (SSSR count). The van der Waals surface area contributed by atoms with Gasteiger partial charge in [-0.1, -0.05) is 6.92 Å². The van der Waals surface area contributed by atoms with Crippen molar-refractivity contribution >= 4 is 21.8 Å². The number of nitrogens with zero attached hydrogens (tertiary/aromatic N) is 1. The second kappa shape index (κ2) is 4.82. The number of sulfonamides is 1. The molecule has 0 aromatic rings. The molecule has 16 heavy (non-hydrogen) atoms. The maximum atomic E-state index is 11.6. The smallest absolute Gasteiger partial charge is 0.244 e. The third kappa shape index (κ3) is 2.72. The van der Waals surface area contributed by atoms with Crippen LogP contribution >= 0.6 is 0 Å². The van der Waals surface area contributed by atoms with Gasteiger partial charge < -0.3 is 5.32 Å². The quantitative estimate of drug-likeness (QED) is 0.724. The van der Waals surface area contributed by atoms with Crippen molar-refractivity contribution in [1.29, 1.82) is 0 Å². The summed E-state index contributed by atoms with van der Waals surface area (Å²) in [5.41, 5.74) is 0. The van der Waals surface area contributed by atoms with E-state index >= 15 is 0 Å². The molecule has 1 fully saturated rings. The Bertz CT molecular complexity index is 390. The Kier molecular flexibility index (Phi) is 3.90. The molecule has 0 saturated carbocycles. The van der Waals surface area contributed by atoms with Crippen LogP contribution in [0.15, 0.2) is 0 Å². The van der Waals surface area contributed by atoms with Crippen molar-refractivity contribution < 1.29 is 18.0 Å². The molecule has 0 aromatic carbocycles. The van der Waals surface area contributed by atoms with E-state index in [1.807, 2.05) is 6.92 Å². The number of carbonyl (C=O) groups is 2. The lowest BCUT2D eigenvalue weighted by Crippen LogP contribution is -2.47. The van der Waals surface area contributed by atoms with E-state index in [9.17, 15) is 18.0 Å². The van der Waals surface area contributed by atoms with Crippen molar-refractivity contribution in [2.24, 2.45) is 0 Å². The van der Waals surface area contributed by atoms with Crippen LogP contribution < -0.4 is 5.32 Å². The average Bonchev–Trinajstić information content (AvgIpc) is 2.56. The van der Waals surface area contributed by atoms with Gasteiger partial charge >= 0.3 is 0 Å². The van der Waals surface area contributed by atoms with Gasteiger partial charge in [-0.15, -0.1) is 0 Å². The molecule has 1 heterocycles. The minimum atomic E-state index is -3.65. The summed E-state index contributed by atoms with van der Waals surface area (Å²) in [5.74, 6) is -0.891. The summed E-state index contributed by atoms with van der Waals surface area (Å²) in [6.07, 6.45) is 2.08. The molecular weight excluding hydrogens is 232 g/mol. The van der Waals surface area contributed by atoms with E-state index < -0.39 is 27.9 Å². The van der Waals surface area contributed by atoms with Crippen LogP contribution in [0, 0.1) is 0 Å². The Morgan fingerprint density at radius 3 is 2.69 bits per heavy atom. The molecule has 0 aliphatic carbocycles. The zero-order chi connectivity index (χ0) is 12.3. The molecule has 7 heteroatoms. The molecule has 1 atom stereocenters. The minimum Gasteiger partial charge on any atom is -0.354 e. The number of amides is 2. The molecule has 1 unspecified atom stereocenters. The van der Waals surface area contributed by atoms with Gasteiger partial charge in [-0.25, -0.2) is 12.7 Å². The van der Waals surface area contributed by atoms with Gasteiger partial charge in [0.05, 0.1) is 6.26 Å². The average molecular weight is 248 g/mol. The summed E-state index contributed by atoms with van der Waals surface area (Å²) < 4.78 is 23.4. The van der Waals surface area contributed by atoms with Crippen LogP contribution in [0.3, 0.4) is 0 Å². The fourth-order valence-corrected chi connectivity index (χ4v) is 2.81. The molecule has 6 nitrogen and oxygen atoms in total. The lowest BCUT2D eigenvalue weighted by molar-refractivity contribution is -0.130. The van der Waals surface area contributed by atoms with E-state index in [0.717, 1.165) is 12.7 Å². The van der Waals surface area contributed by atoms with Crippen molar-refractivity contribution in [3.05, 3.63) is 0 Å². The summed E-state index contributed by atoms with van der Waals surface area (Å²) >= 11 is 0. The maximum Gasteiger partial charge on any atom is 0.244 e. The van der Waals surface area contributed by atoms with Crippen LogP contribution in [0.5, 0.6) is 0 Å². The van der Waals surface area contributed by atoms with E-state index in [4.69, 9.17) is 0 Å². The van der Waals surface area contributed by atoms with Crippen LogP contribution in [0.2, 0.25) is 0 Å². The predicted octanol–water partition coefficient (Wildman–Crippen LogP) is -0.537. The molecule has 92 valence electrons. The zero-order valence-corrected chi connectivity index (χ0v) is 10.2. The highest BCUT2D eigenvalue weighted by Crippen LogP contribution is 2.21. The Labute approximate surface area is 95.0 Å². The fourth-order valence-electron chi connectivity index (χ4n) is 1.68. The summed E-state index contributed by atoms with van der Waals surface area (Å²) in [6, 6.07) is -0.867. The van der Waals surface area contributed by atoms with Gasteiger partial charge in [0.15, 0.2) is 0 Å². The van der Waals surface area contributed by atoms with Gasteiger partial charge in [-0.05, 0) is 12.8 Å².